The second-order valence-electron chi connectivity index (χ2n) is 5.89. The van der Waals surface area contributed by atoms with Gasteiger partial charge in [-0.3, -0.25) is 0 Å². The van der Waals surface area contributed by atoms with E-state index < -0.39 is 16.0 Å². The lowest BCUT2D eigenvalue weighted by Crippen LogP contribution is -2.14. The highest BCUT2D eigenvalue weighted by Crippen LogP contribution is 2.33. The van der Waals surface area contributed by atoms with Crippen molar-refractivity contribution in [1.29, 1.82) is 0 Å². The van der Waals surface area contributed by atoms with Crippen LogP contribution in [0.5, 0.6) is 5.75 Å². The number of ether oxygens (including phenoxy) is 2. The zero-order valence-electron chi connectivity index (χ0n) is 15.5. The molecule has 0 amide bonds. The molecule has 10 heteroatoms. The molecule has 0 atom stereocenters. The molecule has 30 heavy (non-hydrogen) atoms. The Morgan fingerprint density at radius 2 is 1.77 bits per heavy atom. The van der Waals surface area contributed by atoms with Crippen molar-refractivity contribution in [2.45, 2.75) is 14.8 Å². The van der Waals surface area contributed by atoms with E-state index in [2.05, 4.69) is 4.98 Å². The van der Waals surface area contributed by atoms with Crippen molar-refractivity contribution >= 4 is 39.4 Å². The van der Waals surface area contributed by atoms with E-state index in [1.54, 1.807) is 24.4 Å². The minimum absolute atomic E-state index is 0.000859. The average Bonchev–Trinajstić information content (AvgIpc) is 2.73. The topological polar surface area (TPSA) is 109 Å². The molecule has 3 aromatic rings. The van der Waals surface area contributed by atoms with Crippen LogP contribution in [0.1, 0.15) is 10.4 Å². The van der Waals surface area contributed by atoms with E-state index in [1.807, 2.05) is 18.2 Å². The number of sulfonamides is 1. The van der Waals surface area contributed by atoms with Crippen molar-refractivity contribution < 1.29 is 22.7 Å². The highest BCUT2D eigenvalue weighted by Gasteiger charge is 2.16. The highest BCUT2D eigenvalue weighted by molar-refractivity contribution is 7.99. The number of pyridine rings is 1. The van der Waals surface area contributed by atoms with Crippen LogP contribution in [0.2, 0.25) is 5.02 Å². The van der Waals surface area contributed by atoms with Gasteiger partial charge in [-0.25, -0.2) is 23.3 Å². The Hall–Kier alpha value is -2.59. The van der Waals surface area contributed by atoms with E-state index in [4.69, 9.17) is 26.2 Å². The number of nitrogens with zero attached hydrogens (tertiary/aromatic N) is 1. The van der Waals surface area contributed by atoms with Gasteiger partial charge in [0.25, 0.3) is 0 Å². The molecular formula is C20H17ClN2O5S2. The third-order valence-electron chi connectivity index (χ3n) is 3.77. The van der Waals surface area contributed by atoms with Gasteiger partial charge in [-0.2, -0.15) is 0 Å². The van der Waals surface area contributed by atoms with Crippen LogP contribution in [0.15, 0.2) is 81.7 Å². The van der Waals surface area contributed by atoms with E-state index >= 15 is 0 Å². The number of carbonyl (C=O) groups is 1. The normalized spacial score (nSPS) is 11.1. The molecule has 0 saturated carbocycles. The Balaban J connectivity index is 1.56. The van der Waals surface area contributed by atoms with Crippen LogP contribution in [0.4, 0.5) is 0 Å². The molecule has 2 N–H and O–H groups in total. The van der Waals surface area contributed by atoms with Gasteiger partial charge in [0, 0.05) is 11.1 Å². The van der Waals surface area contributed by atoms with Gasteiger partial charge in [-0.05, 0) is 48.5 Å². The summed E-state index contributed by atoms with van der Waals surface area (Å²) in [6.07, 6.45) is 1.59. The second kappa shape index (κ2) is 9.94. The van der Waals surface area contributed by atoms with Crippen molar-refractivity contribution in [2.24, 2.45) is 5.14 Å². The van der Waals surface area contributed by atoms with Crippen molar-refractivity contribution in [2.75, 3.05) is 13.2 Å². The number of aromatic nitrogens is 1. The Labute approximate surface area is 183 Å². The summed E-state index contributed by atoms with van der Waals surface area (Å²) < 4.78 is 33.2. The van der Waals surface area contributed by atoms with E-state index in [1.165, 1.54) is 36.0 Å². The lowest BCUT2D eigenvalue weighted by molar-refractivity contribution is 0.0445. The van der Waals surface area contributed by atoms with E-state index in [0.29, 0.717) is 21.4 Å². The van der Waals surface area contributed by atoms with Crippen molar-refractivity contribution in [1.82, 2.24) is 4.98 Å². The summed E-state index contributed by atoms with van der Waals surface area (Å²) in [4.78, 5) is 17.5. The summed E-state index contributed by atoms with van der Waals surface area (Å²) in [5.41, 5.74) is 0.319. The van der Waals surface area contributed by atoms with Crippen molar-refractivity contribution in [3.63, 3.8) is 0 Å². The predicted molar refractivity (Wildman–Crippen MR) is 113 cm³/mol. The lowest BCUT2D eigenvalue weighted by Gasteiger charge is -2.10. The number of nitrogens with two attached hydrogens (primary N) is 1. The fraction of sp³-hybridized carbons (Fsp3) is 0.100. The van der Waals surface area contributed by atoms with E-state index in [-0.39, 0.29) is 18.1 Å². The quantitative estimate of drug-likeness (QED) is 0.399. The zero-order valence-corrected chi connectivity index (χ0v) is 17.9. The molecule has 1 heterocycles. The molecule has 7 nitrogen and oxygen atoms in total. The van der Waals surface area contributed by atoms with Crippen LogP contribution in [0, 0.1) is 0 Å². The summed E-state index contributed by atoms with van der Waals surface area (Å²) in [6, 6.07) is 16.2. The van der Waals surface area contributed by atoms with Crippen LogP contribution in [-0.4, -0.2) is 32.6 Å². The number of rotatable bonds is 8. The first-order valence-electron chi connectivity index (χ1n) is 8.65. The molecule has 0 aliphatic rings. The number of halogens is 1. The van der Waals surface area contributed by atoms with Crippen LogP contribution in [0.25, 0.3) is 0 Å². The molecule has 0 saturated heterocycles. The number of benzene rings is 2. The fourth-order valence-electron chi connectivity index (χ4n) is 2.36. The Morgan fingerprint density at radius 3 is 2.47 bits per heavy atom. The Bertz CT molecular complexity index is 1140. The van der Waals surface area contributed by atoms with E-state index in [9.17, 15) is 13.2 Å². The Kier molecular flexibility index (Phi) is 7.33. The molecule has 0 aliphatic carbocycles. The first-order chi connectivity index (χ1) is 14.3. The maximum absolute atomic E-state index is 12.5. The molecule has 3 rings (SSSR count). The average molecular weight is 465 g/mol. The van der Waals surface area contributed by atoms with Gasteiger partial charge in [-0.15, -0.1) is 0 Å². The standard InChI is InChI=1S/C20H17ClN2O5S2/c21-17-5-1-2-6-18(17)29-19-16(4-3-11-23-19)20(24)28-13-12-27-14-7-9-15(10-8-14)30(22,25)26/h1-11H,12-13H2,(H2,22,25,26). The molecule has 1 aromatic heterocycles. The van der Waals surface area contributed by atoms with Crippen LogP contribution >= 0.6 is 23.4 Å². The molecule has 0 bridgehead atoms. The maximum Gasteiger partial charge on any atom is 0.341 e. The molecule has 156 valence electrons. The first-order valence-corrected chi connectivity index (χ1v) is 11.4. The van der Waals surface area contributed by atoms with Crippen LogP contribution < -0.4 is 9.88 Å². The third kappa shape index (κ3) is 5.96. The molecule has 2 aromatic carbocycles. The second-order valence-corrected chi connectivity index (χ2v) is 8.89. The van der Waals surface area contributed by atoms with Crippen molar-refractivity contribution in [3.05, 3.63) is 77.4 Å². The largest absolute Gasteiger partial charge is 0.490 e. The molecular weight excluding hydrogens is 448 g/mol. The summed E-state index contributed by atoms with van der Waals surface area (Å²) >= 11 is 7.45. The van der Waals surface area contributed by atoms with Gasteiger partial charge in [0.05, 0.1) is 15.5 Å². The molecule has 0 spiro atoms. The van der Waals surface area contributed by atoms with Gasteiger partial charge in [0.2, 0.25) is 10.0 Å². The van der Waals surface area contributed by atoms with Crippen LogP contribution in [0.3, 0.4) is 0 Å². The number of hydrogen-bond donors (Lipinski definition) is 1. The molecule has 0 unspecified atom stereocenters. The summed E-state index contributed by atoms with van der Waals surface area (Å²) in [6.45, 7) is 0.0918. The maximum atomic E-state index is 12.5. The molecule has 0 fully saturated rings. The van der Waals surface area contributed by atoms with Gasteiger partial charge in [0.1, 0.15) is 24.0 Å². The smallest absolute Gasteiger partial charge is 0.341 e. The highest BCUT2D eigenvalue weighted by atomic mass is 35.5. The minimum atomic E-state index is -3.76. The Morgan fingerprint density at radius 1 is 1.03 bits per heavy atom. The van der Waals surface area contributed by atoms with Gasteiger partial charge >= 0.3 is 5.97 Å². The summed E-state index contributed by atoms with van der Waals surface area (Å²) in [5.74, 6) is -0.111. The lowest BCUT2D eigenvalue weighted by atomic mass is 10.3. The molecule has 0 aliphatic heterocycles. The van der Waals surface area contributed by atoms with Gasteiger partial charge < -0.3 is 9.47 Å². The SMILES string of the molecule is NS(=O)(=O)c1ccc(OCCOC(=O)c2cccnc2Sc2ccccc2Cl)cc1. The number of hydrogen-bond acceptors (Lipinski definition) is 7. The fourth-order valence-corrected chi connectivity index (χ4v) is 4.02. The number of primary sulfonamides is 1. The summed E-state index contributed by atoms with van der Waals surface area (Å²) in [7, 11) is -3.76. The van der Waals surface area contributed by atoms with Gasteiger partial charge in [0.15, 0.2) is 0 Å². The number of carbonyl (C=O) groups excluding carboxylic acids is 1. The zero-order chi connectivity index (χ0) is 21.6. The van der Waals surface area contributed by atoms with Crippen molar-refractivity contribution in [3.8, 4) is 5.75 Å². The summed E-state index contributed by atoms with van der Waals surface area (Å²) in [5, 5.41) is 6.09. The van der Waals surface area contributed by atoms with E-state index in [0.717, 1.165) is 4.90 Å². The monoisotopic (exact) mass is 464 g/mol. The first kappa shape index (κ1) is 22.1. The third-order valence-corrected chi connectivity index (χ3v) is 6.24. The minimum Gasteiger partial charge on any atom is -0.490 e. The van der Waals surface area contributed by atoms with Crippen LogP contribution in [-0.2, 0) is 14.8 Å². The van der Waals surface area contributed by atoms with Gasteiger partial charge in [-0.1, -0.05) is 35.5 Å². The number of esters is 1. The predicted octanol–water partition coefficient (Wildman–Crippen LogP) is 3.77. The molecule has 0 radical (unpaired) electrons.